The second-order valence-corrected chi connectivity index (χ2v) is 7.93. The van der Waals surface area contributed by atoms with Gasteiger partial charge in [-0.3, -0.25) is 13.9 Å². The molecule has 0 aliphatic rings. The van der Waals surface area contributed by atoms with Crippen LogP contribution < -0.4 is 16.0 Å². The summed E-state index contributed by atoms with van der Waals surface area (Å²) < 4.78 is 7.72. The summed E-state index contributed by atoms with van der Waals surface area (Å²) in [6.07, 6.45) is 0.907. The first-order valence-electron chi connectivity index (χ1n) is 9.90. The van der Waals surface area contributed by atoms with Crippen LogP contribution in [0.4, 0.5) is 5.69 Å². The molecule has 0 amide bonds. The molecule has 3 rings (SSSR count). The summed E-state index contributed by atoms with van der Waals surface area (Å²) in [5, 5.41) is 10.9. The number of rotatable bonds is 7. The van der Waals surface area contributed by atoms with E-state index in [1.165, 1.54) is 31.4 Å². The Labute approximate surface area is 184 Å². The van der Waals surface area contributed by atoms with Gasteiger partial charge in [-0.1, -0.05) is 37.3 Å². The first-order valence-corrected chi connectivity index (χ1v) is 10.9. The largest absolute Gasteiger partial charge is 0.494 e. The number of aromatic nitrogens is 2. The molecule has 0 radical (unpaired) electrons. The molecule has 0 spiro atoms. The lowest BCUT2D eigenvalue weighted by molar-refractivity contribution is 0.344. The number of benzene rings is 2. The molecule has 162 valence electrons. The van der Waals surface area contributed by atoms with Crippen molar-refractivity contribution in [2.24, 2.45) is 19.1 Å². The van der Waals surface area contributed by atoms with E-state index >= 15 is 0 Å². The van der Waals surface area contributed by atoms with E-state index in [1.807, 2.05) is 54.6 Å². The van der Waals surface area contributed by atoms with Gasteiger partial charge in [-0.15, -0.1) is 11.8 Å². The van der Waals surface area contributed by atoms with Crippen LogP contribution in [0.5, 0.6) is 11.6 Å². The van der Waals surface area contributed by atoms with E-state index < -0.39 is 17.1 Å². The zero-order valence-corrected chi connectivity index (χ0v) is 18.6. The van der Waals surface area contributed by atoms with E-state index in [-0.39, 0.29) is 5.56 Å². The highest BCUT2D eigenvalue weighted by molar-refractivity contribution is 8.14. The van der Waals surface area contributed by atoms with Crippen molar-refractivity contribution in [3.05, 3.63) is 86.6 Å². The molecular weight excluding hydrogens is 414 g/mol. The van der Waals surface area contributed by atoms with Gasteiger partial charge in [0.1, 0.15) is 16.4 Å². The van der Waals surface area contributed by atoms with Crippen molar-refractivity contribution in [1.82, 2.24) is 9.13 Å². The average Bonchev–Trinajstić information content (AvgIpc) is 2.80. The first-order chi connectivity index (χ1) is 14.9. The highest BCUT2D eigenvalue weighted by Crippen LogP contribution is 2.23. The van der Waals surface area contributed by atoms with Gasteiger partial charge in [-0.2, -0.15) is 0 Å². The molecule has 0 aliphatic carbocycles. The molecule has 0 unspecified atom stereocenters. The molecule has 3 aromatic rings. The molecule has 0 bridgehead atoms. The molecule has 2 aromatic carbocycles. The van der Waals surface area contributed by atoms with Gasteiger partial charge in [-0.05, 0) is 36.2 Å². The summed E-state index contributed by atoms with van der Waals surface area (Å²) in [4.78, 5) is 29.6. The van der Waals surface area contributed by atoms with Gasteiger partial charge in [0, 0.05) is 19.8 Å². The average molecular weight is 440 g/mol. The number of para-hydroxylation sites is 1. The predicted molar refractivity (Wildman–Crippen MR) is 125 cm³/mol. The molecule has 7 nitrogen and oxygen atoms in total. The number of hydrogen-bond acceptors (Lipinski definition) is 6. The molecule has 8 heteroatoms. The Bertz CT molecular complexity index is 1180. The Hall–Kier alpha value is -3.26. The number of nitrogens with zero attached hydrogens (tertiary/aromatic N) is 3. The van der Waals surface area contributed by atoms with E-state index in [0.29, 0.717) is 23.1 Å². The molecule has 1 aromatic heterocycles. The van der Waals surface area contributed by atoms with Crippen LogP contribution in [0.3, 0.4) is 0 Å². The van der Waals surface area contributed by atoms with Gasteiger partial charge in [0.2, 0.25) is 5.88 Å². The van der Waals surface area contributed by atoms with Gasteiger partial charge in [0.05, 0.1) is 12.3 Å². The van der Waals surface area contributed by atoms with Gasteiger partial charge >= 0.3 is 5.69 Å². The summed E-state index contributed by atoms with van der Waals surface area (Å²) in [5.41, 5.74) is 0.620. The molecular formula is C23H25N3O4S. The zero-order valence-electron chi connectivity index (χ0n) is 17.7. The quantitative estimate of drug-likeness (QED) is 0.347. The fourth-order valence-electron chi connectivity index (χ4n) is 2.92. The first kappa shape index (κ1) is 22.4. The second kappa shape index (κ2) is 10.2. The van der Waals surface area contributed by atoms with Crippen molar-refractivity contribution in [1.29, 1.82) is 0 Å². The van der Waals surface area contributed by atoms with E-state index in [4.69, 9.17) is 4.74 Å². The Morgan fingerprint density at radius 3 is 2.35 bits per heavy atom. The second-order valence-electron chi connectivity index (χ2n) is 6.85. The van der Waals surface area contributed by atoms with E-state index in [0.717, 1.165) is 21.3 Å². The lowest BCUT2D eigenvalue weighted by Gasteiger charge is -2.13. The summed E-state index contributed by atoms with van der Waals surface area (Å²) in [5.74, 6) is 0.831. The highest BCUT2D eigenvalue weighted by atomic mass is 32.2. The van der Waals surface area contributed by atoms with Gasteiger partial charge in [-0.25, -0.2) is 9.79 Å². The molecule has 0 atom stereocenters. The summed E-state index contributed by atoms with van der Waals surface area (Å²) in [6.45, 7) is 2.45. The lowest BCUT2D eigenvalue weighted by Crippen LogP contribution is -2.39. The van der Waals surface area contributed by atoms with Crippen LogP contribution in [0.15, 0.2) is 69.2 Å². The van der Waals surface area contributed by atoms with Crippen molar-refractivity contribution in [2.75, 3.05) is 12.4 Å². The molecule has 0 saturated carbocycles. The van der Waals surface area contributed by atoms with E-state index in [9.17, 15) is 14.7 Å². The number of ether oxygens (including phenoxy) is 1. The maximum Gasteiger partial charge on any atom is 0.333 e. The van der Waals surface area contributed by atoms with Crippen LogP contribution in [-0.4, -0.2) is 31.6 Å². The minimum Gasteiger partial charge on any atom is -0.494 e. The van der Waals surface area contributed by atoms with Crippen molar-refractivity contribution < 1.29 is 9.84 Å². The number of aromatic hydroxyl groups is 1. The van der Waals surface area contributed by atoms with Crippen molar-refractivity contribution in [2.45, 2.75) is 13.3 Å². The van der Waals surface area contributed by atoms with Crippen molar-refractivity contribution in [3.63, 3.8) is 0 Å². The standard InChI is InChI=1S/C23H25N3O4S/c1-4-16-10-12-17(13-11-16)24-20(31-15-14-30-18-8-6-5-7-9-18)19-21(27)25(2)23(29)26(3)22(19)28/h5-13,27H,4,14-15H2,1-3H3. The Morgan fingerprint density at radius 1 is 1.03 bits per heavy atom. The van der Waals surface area contributed by atoms with Gasteiger partial charge in [0.25, 0.3) is 5.56 Å². The highest BCUT2D eigenvalue weighted by Gasteiger charge is 2.21. The number of thioether (sulfide) groups is 1. The Morgan fingerprint density at radius 2 is 1.71 bits per heavy atom. The molecule has 0 saturated heterocycles. The van der Waals surface area contributed by atoms with Gasteiger partial charge < -0.3 is 9.84 Å². The molecule has 0 fully saturated rings. The maximum absolute atomic E-state index is 12.8. The number of hydrogen-bond donors (Lipinski definition) is 1. The predicted octanol–water partition coefficient (Wildman–Crippen LogP) is 3.24. The van der Waals surface area contributed by atoms with E-state index in [1.54, 1.807) is 0 Å². The summed E-state index contributed by atoms with van der Waals surface area (Å²) in [6, 6.07) is 17.1. The minimum atomic E-state index is -0.602. The molecule has 1 N–H and O–H groups in total. The topological polar surface area (TPSA) is 85.8 Å². The third kappa shape index (κ3) is 5.27. The maximum atomic E-state index is 12.8. The summed E-state index contributed by atoms with van der Waals surface area (Å²) in [7, 11) is 2.79. The summed E-state index contributed by atoms with van der Waals surface area (Å²) >= 11 is 1.29. The smallest absolute Gasteiger partial charge is 0.333 e. The molecule has 31 heavy (non-hydrogen) atoms. The SMILES string of the molecule is CCc1ccc(N=C(SCCOc2ccccc2)c2c(O)n(C)c(=O)n(C)c2=O)cc1. The van der Waals surface area contributed by atoms with Crippen LogP contribution >= 0.6 is 11.8 Å². The Balaban J connectivity index is 1.94. The van der Waals surface area contributed by atoms with Crippen LogP contribution in [0.25, 0.3) is 0 Å². The zero-order chi connectivity index (χ0) is 22.4. The third-order valence-electron chi connectivity index (χ3n) is 4.76. The van der Waals surface area contributed by atoms with Crippen LogP contribution in [0.1, 0.15) is 18.1 Å². The monoisotopic (exact) mass is 439 g/mol. The van der Waals surface area contributed by atoms with Crippen LogP contribution in [-0.2, 0) is 20.5 Å². The fraction of sp³-hybridized carbons (Fsp3) is 0.261. The fourth-order valence-corrected chi connectivity index (χ4v) is 3.77. The number of aliphatic imine (C=N–C) groups is 1. The van der Waals surface area contributed by atoms with Crippen LogP contribution in [0, 0.1) is 0 Å². The minimum absolute atomic E-state index is 0.00567. The molecule has 1 heterocycles. The van der Waals surface area contributed by atoms with Crippen molar-refractivity contribution >= 4 is 22.5 Å². The lowest BCUT2D eigenvalue weighted by atomic mass is 10.1. The van der Waals surface area contributed by atoms with E-state index in [2.05, 4.69) is 11.9 Å². The third-order valence-corrected chi connectivity index (χ3v) is 5.70. The molecule has 0 aliphatic heterocycles. The van der Waals surface area contributed by atoms with Gasteiger partial charge in [0.15, 0.2) is 0 Å². The van der Waals surface area contributed by atoms with Crippen LogP contribution in [0.2, 0.25) is 0 Å². The Kier molecular flexibility index (Phi) is 7.36. The normalized spacial score (nSPS) is 11.5. The number of aryl methyl sites for hydroxylation is 1. The van der Waals surface area contributed by atoms with Crippen molar-refractivity contribution in [3.8, 4) is 11.6 Å².